The van der Waals surface area contributed by atoms with E-state index < -0.39 is 0 Å². The molecule has 0 amide bonds. The lowest BCUT2D eigenvalue weighted by molar-refractivity contribution is 0.669. The van der Waals surface area contributed by atoms with Crippen molar-refractivity contribution in [3.63, 3.8) is 0 Å². The molecule has 0 aliphatic carbocycles. The lowest BCUT2D eigenvalue weighted by Crippen LogP contribution is -1.96. The number of para-hydroxylation sites is 2. The van der Waals surface area contributed by atoms with Crippen LogP contribution in [0.25, 0.3) is 77.5 Å². The van der Waals surface area contributed by atoms with Gasteiger partial charge in [0.05, 0.1) is 16.7 Å². The molecule has 0 spiro atoms. The second-order valence-electron chi connectivity index (χ2n) is 9.65. The van der Waals surface area contributed by atoms with Gasteiger partial charge in [0, 0.05) is 38.9 Å². The van der Waals surface area contributed by atoms with Crippen LogP contribution in [0, 0.1) is 0 Å². The van der Waals surface area contributed by atoms with E-state index in [9.17, 15) is 0 Å². The third kappa shape index (κ3) is 3.50. The summed E-state index contributed by atoms with van der Waals surface area (Å²) < 4.78 is 6.29. The van der Waals surface area contributed by atoms with Crippen molar-refractivity contribution in [1.29, 1.82) is 0 Å². The van der Waals surface area contributed by atoms with Gasteiger partial charge in [-0.25, -0.2) is 9.97 Å². The van der Waals surface area contributed by atoms with Crippen LogP contribution in [0.3, 0.4) is 0 Å². The van der Waals surface area contributed by atoms with Gasteiger partial charge in [0.15, 0.2) is 5.82 Å². The summed E-state index contributed by atoms with van der Waals surface area (Å²) in [5.74, 6) is 0.662. The van der Waals surface area contributed by atoms with Gasteiger partial charge < -0.3 is 4.42 Å². The van der Waals surface area contributed by atoms with E-state index in [1.807, 2.05) is 54.7 Å². The molecule has 0 N–H and O–H groups in total. The number of fused-ring (bicyclic) bond motifs is 5. The average molecular weight is 500 g/mol. The fraction of sp³-hybridized carbons (Fsp3) is 0. The standard InChI is InChI=1S/C35H21N3O/c1-2-9-22(10-3-1)25-14-7-17-31-32(25)28-21-24(18-19-30(28)39-31)34-26-13-4-5-16-29(26)37-35(38-34)27-15-6-11-23-12-8-20-36-33(23)27/h1-21H. The summed E-state index contributed by atoms with van der Waals surface area (Å²) in [4.78, 5) is 14.8. The predicted molar refractivity (Wildman–Crippen MR) is 158 cm³/mol. The van der Waals surface area contributed by atoms with Crippen molar-refractivity contribution in [3.05, 3.63) is 128 Å². The van der Waals surface area contributed by atoms with Crippen LogP contribution in [-0.2, 0) is 0 Å². The Morgan fingerprint density at radius 2 is 1.36 bits per heavy atom. The molecule has 8 aromatic rings. The molecular formula is C35H21N3O. The number of nitrogens with zero attached hydrogens (tertiary/aromatic N) is 3. The maximum atomic E-state index is 6.29. The van der Waals surface area contributed by atoms with Gasteiger partial charge in [-0.05, 0) is 53.6 Å². The molecule has 0 aliphatic heterocycles. The second-order valence-corrected chi connectivity index (χ2v) is 9.65. The van der Waals surface area contributed by atoms with Crippen molar-refractivity contribution in [2.45, 2.75) is 0 Å². The summed E-state index contributed by atoms with van der Waals surface area (Å²) in [6.45, 7) is 0. The minimum absolute atomic E-state index is 0.662. The molecule has 0 fully saturated rings. The molecule has 8 rings (SSSR count). The highest BCUT2D eigenvalue weighted by Crippen LogP contribution is 2.39. The van der Waals surface area contributed by atoms with E-state index in [-0.39, 0.29) is 0 Å². The van der Waals surface area contributed by atoms with Crippen molar-refractivity contribution >= 4 is 43.7 Å². The molecular weight excluding hydrogens is 478 g/mol. The first kappa shape index (κ1) is 21.7. The molecule has 0 radical (unpaired) electrons. The van der Waals surface area contributed by atoms with E-state index in [0.29, 0.717) is 5.82 Å². The number of pyridine rings is 1. The van der Waals surface area contributed by atoms with Gasteiger partial charge in [0.2, 0.25) is 0 Å². The third-order valence-electron chi connectivity index (χ3n) is 7.33. The first-order chi connectivity index (χ1) is 19.3. The Kier molecular flexibility index (Phi) is 4.79. The van der Waals surface area contributed by atoms with Crippen LogP contribution in [0.2, 0.25) is 0 Å². The zero-order valence-electron chi connectivity index (χ0n) is 20.9. The summed E-state index contributed by atoms with van der Waals surface area (Å²) in [5, 5.41) is 4.24. The van der Waals surface area contributed by atoms with Crippen LogP contribution in [-0.4, -0.2) is 15.0 Å². The van der Waals surface area contributed by atoms with E-state index in [4.69, 9.17) is 14.4 Å². The Hall–Kier alpha value is -5.35. The van der Waals surface area contributed by atoms with Gasteiger partial charge >= 0.3 is 0 Å². The molecule has 5 aromatic carbocycles. The monoisotopic (exact) mass is 499 g/mol. The van der Waals surface area contributed by atoms with Gasteiger partial charge in [-0.2, -0.15) is 0 Å². The number of hydrogen-bond acceptors (Lipinski definition) is 4. The normalized spacial score (nSPS) is 11.6. The fourth-order valence-corrected chi connectivity index (χ4v) is 5.53. The van der Waals surface area contributed by atoms with Crippen molar-refractivity contribution in [1.82, 2.24) is 15.0 Å². The van der Waals surface area contributed by atoms with Gasteiger partial charge in [-0.1, -0.05) is 78.9 Å². The Morgan fingerprint density at radius 1 is 0.538 bits per heavy atom. The van der Waals surface area contributed by atoms with Crippen molar-refractivity contribution < 1.29 is 4.42 Å². The number of aromatic nitrogens is 3. The zero-order valence-corrected chi connectivity index (χ0v) is 20.9. The van der Waals surface area contributed by atoms with Crippen LogP contribution in [0.15, 0.2) is 132 Å². The maximum Gasteiger partial charge on any atom is 0.162 e. The zero-order chi connectivity index (χ0) is 25.8. The minimum Gasteiger partial charge on any atom is -0.456 e. The quantitative estimate of drug-likeness (QED) is 0.243. The predicted octanol–water partition coefficient (Wildman–Crippen LogP) is 9.08. The van der Waals surface area contributed by atoms with Gasteiger partial charge in [0.1, 0.15) is 11.2 Å². The van der Waals surface area contributed by atoms with Crippen molar-refractivity contribution in [2.75, 3.05) is 0 Å². The molecule has 0 atom stereocenters. The molecule has 4 heteroatoms. The van der Waals surface area contributed by atoms with Crippen LogP contribution < -0.4 is 0 Å². The summed E-state index contributed by atoms with van der Waals surface area (Å²) in [7, 11) is 0. The molecule has 0 saturated heterocycles. The summed E-state index contributed by atoms with van der Waals surface area (Å²) in [6.07, 6.45) is 1.82. The highest BCUT2D eigenvalue weighted by molar-refractivity contribution is 6.13. The highest BCUT2D eigenvalue weighted by atomic mass is 16.3. The summed E-state index contributed by atoms with van der Waals surface area (Å²) >= 11 is 0. The number of furan rings is 1. The molecule has 3 aromatic heterocycles. The Labute approximate surface area is 224 Å². The van der Waals surface area contributed by atoms with E-state index in [1.165, 1.54) is 0 Å². The molecule has 39 heavy (non-hydrogen) atoms. The lowest BCUT2D eigenvalue weighted by Gasteiger charge is -2.11. The van der Waals surface area contributed by atoms with Crippen LogP contribution in [0.4, 0.5) is 0 Å². The number of rotatable bonds is 3. The Morgan fingerprint density at radius 3 is 2.31 bits per heavy atom. The van der Waals surface area contributed by atoms with Gasteiger partial charge in [-0.15, -0.1) is 0 Å². The van der Waals surface area contributed by atoms with Gasteiger partial charge in [-0.3, -0.25) is 4.98 Å². The second kappa shape index (κ2) is 8.61. The van der Waals surface area contributed by atoms with Crippen molar-refractivity contribution in [3.8, 4) is 33.8 Å². The third-order valence-corrected chi connectivity index (χ3v) is 7.33. The first-order valence-electron chi connectivity index (χ1n) is 13.0. The molecule has 0 aliphatic rings. The van der Waals surface area contributed by atoms with E-state index >= 15 is 0 Å². The molecule has 182 valence electrons. The van der Waals surface area contributed by atoms with Crippen LogP contribution >= 0.6 is 0 Å². The van der Waals surface area contributed by atoms with Crippen LogP contribution in [0.5, 0.6) is 0 Å². The average Bonchev–Trinajstić information content (AvgIpc) is 3.39. The largest absolute Gasteiger partial charge is 0.456 e. The molecule has 0 saturated carbocycles. The lowest BCUT2D eigenvalue weighted by atomic mass is 9.97. The van der Waals surface area contributed by atoms with Crippen LogP contribution in [0.1, 0.15) is 0 Å². The van der Waals surface area contributed by atoms with E-state index in [2.05, 4.69) is 77.8 Å². The smallest absolute Gasteiger partial charge is 0.162 e. The number of benzene rings is 5. The van der Waals surface area contributed by atoms with E-state index in [0.717, 1.165) is 71.7 Å². The molecule has 4 nitrogen and oxygen atoms in total. The molecule has 0 unspecified atom stereocenters. The topological polar surface area (TPSA) is 51.8 Å². The Balaban J connectivity index is 1.40. The fourth-order valence-electron chi connectivity index (χ4n) is 5.53. The maximum absolute atomic E-state index is 6.29. The molecule has 0 bridgehead atoms. The Bertz CT molecular complexity index is 2180. The summed E-state index contributed by atoms with van der Waals surface area (Å²) in [6, 6.07) is 41.4. The van der Waals surface area contributed by atoms with Gasteiger partial charge in [0.25, 0.3) is 0 Å². The van der Waals surface area contributed by atoms with Crippen molar-refractivity contribution in [2.24, 2.45) is 0 Å². The number of hydrogen-bond donors (Lipinski definition) is 0. The highest BCUT2D eigenvalue weighted by Gasteiger charge is 2.17. The van der Waals surface area contributed by atoms with E-state index in [1.54, 1.807) is 0 Å². The minimum atomic E-state index is 0.662. The SMILES string of the molecule is c1ccc(-c2cccc3oc4ccc(-c5nc(-c6cccc7cccnc67)nc6ccccc56)cc4c23)cc1. The molecule has 3 heterocycles. The first-order valence-corrected chi connectivity index (χ1v) is 13.0. The summed E-state index contributed by atoms with van der Waals surface area (Å²) in [5.41, 5.74) is 8.65.